The highest BCUT2D eigenvalue weighted by Crippen LogP contribution is 2.42. The largest absolute Gasteiger partial charge is 0.348 e. The van der Waals surface area contributed by atoms with Gasteiger partial charge < -0.3 is 14.7 Å². The Labute approximate surface area is 239 Å². The van der Waals surface area contributed by atoms with Crippen LogP contribution in [0.3, 0.4) is 0 Å². The Kier molecular flexibility index (Phi) is 10.0. The van der Waals surface area contributed by atoms with E-state index in [1.807, 2.05) is 14.1 Å². The first-order chi connectivity index (χ1) is 18.4. The van der Waals surface area contributed by atoms with Gasteiger partial charge in [0, 0.05) is 71.0 Å². The second kappa shape index (κ2) is 12.7. The van der Waals surface area contributed by atoms with Gasteiger partial charge in [-0.3, -0.25) is 19.5 Å². The number of likely N-dealkylation sites (N-methyl/N-ethyl adjacent to an activating group) is 1. The van der Waals surface area contributed by atoms with E-state index in [0.717, 1.165) is 63.9 Å². The Hall–Kier alpha value is -1.24. The number of piperazine rings is 1. The van der Waals surface area contributed by atoms with E-state index in [2.05, 4.69) is 65.3 Å². The molecule has 0 radical (unpaired) electrons. The summed E-state index contributed by atoms with van der Waals surface area (Å²) in [5, 5.41) is 9.64. The molecule has 3 heterocycles. The van der Waals surface area contributed by atoms with Crippen molar-refractivity contribution in [2.45, 2.75) is 89.4 Å². The van der Waals surface area contributed by atoms with Crippen LogP contribution in [0.1, 0.15) is 66.2 Å². The van der Waals surface area contributed by atoms with E-state index in [-0.39, 0.29) is 17.0 Å². The molecule has 0 aromatic rings. The summed E-state index contributed by atoms with van der Waals surface area (Å²) >= 11 is 0. The molecular weight excluding hydrogens is 486 g/mol. The van der Waals surface area contributed by atoms with Crippen molar-refractivity contribution in [3.05, 3.63) is 0 Å². The lowest BCUT2D eigenvalue weighted by Gasteiger charge is -2.48. The van der Waals surface area contributed by atoms with Crippen LogP contribution in [0.5, 0.6) is 0 Å². The number of hydrogen-bond acceptors (Lipinski definition) is 7. The van der Waals surface area contributed by atoms with Crippen LogP contribution >= 0.6 is 0 Å². The predicted molar refractivity (Wildman–Crippen MR) is 159 cm³/mol. The van der Waals surface area contributed by atoms with Gasteiger partial charge in [-0.25, -0.2) is 0 Å². The van der Waals surface area contributed by atoms with Crippen LogP contribution in [-0.4, -0.2) is 145 Å². The maximum Gasteiger partial charge on any atom is 0.236 e. The van der Waals surface area contributed by atoms with Crippen molar-refractivity contribution in [1.82, 2.24) is 29.4 Å². The minimum absolute atomic E-state index is 0.155. The minimum atomic E-state index is -0.155. The van der Waals surface area contributed by atoms with Crippen molar-refractivity contribution in [1.29, 1.82) is 5.26 Å². The molecule has 3 aliphatic heterocycles. The zero-order valence-corrected chi connectivity index (χ0v) is 26.2. The Morgan fingerprint density at radius 2 is 1.56 bits per heavy atom. The van der Waals surface area contributed by atoms with E-state index in [9.17, 15) is 10.1 Å². The van der Waals surface area contributed by atoms with E-state index in [4.69, 9.17) is 0 Å². The van der Waals surface area contributed by atoms with Gasteiger partial charge in [-0.15, -0.1) is 0 Å². The number of carbonyl (C=O) groups excluding carboxylic acids is 1. The number of piperidine rings is 2. The summed E-state index contributed by atoms with van der Waals surface area (Å²) in [5.74, 6) is 1.67. The van der Waals surface area contributed by atoms with E-state index in [1.165, 1.54) is 45.3 Å². The molecule has 3 unspecified atom stereocenters. The van der Waals surface area contributed by atoms with Gasteiger partial charge in [-0.05, 0) is 105 Å². The van der Waals surface area contributed by atoms with Crippen LogP contribution in [0.4, 0.5) is 0 Å². The van der Waals surface area contributed by atoms with Gasteiger partial charge in [0.25, 0.3) is 0 Å². The molecule has 0 spiro atoms. The van der Waals surface area contributed by atoms with Gasteiger partial charge in [-0.2, -0.15) is 5.26 Å². The third kappa shape index (κ3) is 7.74. The summed E-state index contributed by atoms with van der Waals surface area (Å²) in [7, 11) is 5.89. The third-order valence-electron chi connectivity index (χ3n) is 10.6. The first-order valence-corrected chi connectivity index (χ1v) is 15.7. The van der Waals surface area contributed by atoms with E-state index < -0.39 is 0 Å². The Balaban J connectivity index is 1.30. The Morgan fingerprint density at radius 3 is 2.10 bits per heavy atom. The molecule has 4 fully saturated rings. The SMILES string of the molecule is CC(CC1CN(C(C)(C)C)CCC1CN1CCN(CC(=O)N(C)C)CC1)N1CCC(N(C)C2(C#N)CC2)CC1. The monoisotopic (exact) mass is 543 g/mol. The quantitative estimate of drug-likeness (QED) is 0.443. The fourth-order valence-electron chi connectivity index (χ4n) is 7.30. The molecule has 3 atom stereocenters. The second-order valence-electron chi connectivity index (χ2n) is 14.4. The summed E-state index contributed by atoms with van der Waals surface area (Å²) in [6.07, 6.45) is 7.04. The van der Waals surface area contributed by atoms with E-state index >= 15 is 0 Å². The molecule has 0 aromatic carbocycles. The van der Waals surface area contributed by atoms with Crippen LogP contribution < -0.4 is 0 Å². The maximum atomic E-state index is 12.2. The van der Waals surface area contributed by atoms with Gasteiger partial charge in [-0.1, -0.05) is 0 Å². The Morgan fingerprint density at radius 1 is 0.949 bits per heavy atom. The van der Waals surface area contributed by atoms with Crippen LogP contribution in [0, 0.1) is 23.2 Å². The third-order valence-corrected chi connectivity index (χ3v) is 10.6. The van der Waals surface area contributed by atoms with Crippen molar-refractivity contribution in [2.75, 3.05) is 86.6 Å². The normalized spacial score (nSPS) is 28.8. The summed E-state index contributed by atoms with van der Waals surface area (Å²) in [4.78, 5) is 26.7. The molecule has 222 valence electrons. The zero-order valence-electron chi connectivity index (χ0n) is 26.2. The number of hydrogen-bond donors (Lipinski definition) is 0. The van der Waals surface area contributed by atoms with Gasteiger partial charge in [0.05, 0.1) is 12.6 Å². The number of nitrogens with zero attached hydrogens (tertiary/aromatic N) is 7. The highest BCUT2D eigenvalue weighted by atomic mass is 16.2. The lowest BCUT2D eigenvalue weighted by atomic mass is 9.79. The lowest BCUT2D eigenvalue weighted by Crippen LogP contribution is -2.55. The summed E-state index contributed by atoms with van der Waals surface area (Å²) in [5.41, 5.74) is 0.0665. The molecule has 1 aliphatic carbocycles. The van der Waals surface area contributed by atoms with Crippen LogP contribution in [0.15, 0.2) is 0 Å². The number of nitriles is 1. The predicted octanol–water partition coefficient (Wildman–Crippen LogP) is 2.66. The molecule has 0 aromatic heterocycles. The molecule has 4 rings (SSSR count). The van der Waals surface area contributed by atoms with Crippen molar-refractivity contribution in [3.8, 4) is 6.07 Å². The highest BCUT2D eigenvalue weighted by Gasteiger charge is 2.49. The number of likely N-dealkylation sites (tertiary alicyclic amines) is 2. The first-order valence-electron chi connectivity index (χ1n) is 15.7. The van der Waals surface area contributed by atoms with Crippen molar-refractivity contribution < 1.29 is 4.79 Å². The van der Waals surface area contributed by atoms with E-state index in [1.54, 1.807) is 4.90 Å². The molecule has 3 saturated heterocycles. The molecule has 8 heteroatoms. The van der Waals surface area contributed by atoms with Crippen LogP contribution in [0.2, 0.25) is 0 Å². The summed E-state index contributed by atoms with van der Waals surface area (Å²) < 4.78 is 0. The van der Waals surface area contributed by atoms with Gasteiger partial charge in [0.15, 0.2) is 0 Å². The molecule has 4 aliphatic rings. The maximum absolute atomic E-state index is 12.2. The second-order valence-corrected chi connectivity index (χ2v) is 14.4. The first kappa shape index (κ1) is 30.7. The average molecular weight is 544 g/mol. The topological polar surface area (TPSA) is 60.3 Å². The van der Waals surface area contributed by atoms with Crippen LogP contribution in [-0.2, 0) is 4.79 Å². The zero-order chi connectivity index (χ0) is 28.4. The van der Waals surface area contributed by atoms with Gasteiger partial charge >= 0.3 is 0 Å². The average Bonchev–Trinajstić information content (AvgIpc) is 3.71. The standard InChI is InChI=1S/C31H57N7O/c1-25(37-13-9-28(10-14-37)34(7)31(24-32)11-12-31)20-27-22-38(30(2,3)4)15-8-26(27)21-35-16-18-36(19-17-35)23-29(39)33(5)6/h25-28H,8-23H2,1-7H3. The summed E-state index contributed by atoms with van der Waals surface area (Å²) in [6, 6.07) is 3.75. The van der Waals surface area contributed by atoms with Crippen LogP contribution in [0.25, 0.3) is 0 Å². The van der Waals surface area contributed by atoms with Gasteiger partial charge in [0.1, 0.15) is 5.54 Å². The molecular formula is C31H57N7O. The van der Waals surface area contributed by atoms with Crippen molar-refractivity contribution >= 4 is 5.91 Å². The minimum Gasteiger partial charge on any atom is -0.348 e. The highest BCUT2D eigenvalue weighted by molar-refractivity contribution is 5.77. The number of amides is 1. The number of carbonyl (C=O) groups is 1. The molecule has 0 bridgehead atoms. The fraction of sp³-hybridized carbons (Fsp3) is 0.935. The van der Waals surface area contributed by atoms with Gasteiger partial charge in [0.2, 0.25) is 5.91 Å². The molecule has 8 nitrogen and oxygen atoms in total. The smallest absolute Gasteiger partial charge is 0.236 e. The lowest BCUT2D eigenvalue weighted by molar-refractivity contribution is -0.130. The molecule has 1 amide bonds. The summed E-state index contributed by atoms with van der Waals surface area (Å²) in [6.45, 7) is 20.2. The van der Waals surface area contributed by atoms with E-state index in [0.29, 0.717) is 18.6 Å². The molecule has 0 N–H and O–H groups in total. The van der Waals surface area contributed by atoms with Crippen molar-refractivity contribution in [3.63, 3.8) is 0 Å². The molecule has 1 saturated carbocycles. The fourth-order valence-corrected chi connectivity index (χ4v) is 7.30. The molecule has 39 heavy (non-hydrogen) atoms. The Bertz CT molecular complexity index is 844. The van der Waals surface area contributed by atoms with Crippen molar-refractivity contribution in [2.24, 2.45) is 11.8 Å². The number of rotatable bonds is 9.